The largest absolute Gasteiger partial charge is 0.497 e. The molecule has 0 aromatic heterocycles. The van der Waals surface area contributed by atoms with E-state index in [0.717, 1.165) is 23.0 Å². The average molecular weight is 492 g/mol. The minimum absolute atomic E-state index is 0.665. The highest BCUT2D eigenvalue weighted by Gasteiger charge is 2.17. The number of hydrogen-bond donors (Lipinski definition) is 0. The molecule has 34 heavy (non-hydrogen) atoms. The van der Waals surface area contributed by atoms with Crippen LogP contribution in [0.4, 0.5) is 0 Å². The van der Waals surface area contributed by atoms with Gasteiger partial charge in [-0.2, -0.15) is 0 Å². The first kappa shape index (κ1) is 25.6. The van der Waals surface area contributed by atoms with Crippen molar-refractivity contribution in [2.45, 2.75) is 0 Å². The molecule has 0 aliphatic carbocycles. The van der Waals surface area contributed by atoms with E-state index in [4.69, 9.17) is 18.9 Å². The van der Waals surface area contributed by atoms with Crippen LogP contribution in [0.5, 0.6) is 23.0 Å². The van der Waals surface area contributed by atoms with E-state index in [1.807, 2.05) is 60.7 Å². The zero-order chi connectivity index (χ0) is 24.3. The third kappa shape index (κ3) is 6.97. The first-order valence-electron chi connectivity index (χ1n) is 10.7. The molecule has 6 heteroatoms. The Morgan fingerprint density at radius 2 is 0.647 bits per heavy atom. The van der Waals surface area contributed by atoms with Crippen molar-refractivity contribution in [1.29, 1.82) is 0 Å². The number of rotatable bonds is 7. The fourth-order valence-electron chi connectivity index (χ4n) is 3.25. The summed E-state index contributed by atoms with van der Waals surface area (Å²) in [7, 11) is 8.67. The SMILES string of the molecule is COc1ccc(P(c2ccc(OC)cc2)c2ccc(OC)cc2)cc1.COc1ccc(P)cc1. The lowest BCUT2D eigenvalue weighted by molar-refractivity contribution is 0.415. The number of methoxy groups -OCH3 is 4. The van der Waals surface area contributed by atoms with Gasteiger partial charge in [-0.25, -0.2) is 0 Å². The van der Waals surface area contributed by atoms with Crippen LogP contribution in [0.1, 0.15) is 0 Å². The van der Waals surface area contributed by atoms with Gasteiger partial charge in [0.1, 0.15) is 23.0 Å². The average Bonchev–Trinajstić information content (AvgIpc) is 2.91. The molecule has 0 heterocycles. The van der Waals surface area contributed by atoms with Gasteiger partial charge < -0.3 is 18.9 Å². The summed E-state index contributed by atoms with van der Waals surface area (Å²) in [5.41, 5.74) is 0. The van der Waals surface area contributed by atoms with Crippen molar-refractivity contribution in [3.63, 3.8) is 0 Å². The first-order chi connectivity index (χ1) is 16.6. The van der Waals surface area contributed by atoms with E-state index in [9.17, 15) is 0 Å². The van der Waals surface area contributed by atoms with Gasteiger partial charge in [0.2, 0.25) is 0 Å². The van der Waals surface area contributed by atoms with Crippen molar-refractivity contribution >= 4 is 38.4 Å². The zero-order valence-corrected chi connectivity index (χ0v) is 21.9. The number of benzene rings is 4. The molecule has 0 spiro atoms. The molecule has 4 aromatic carbocycles. The van der Waals surface area contributed by atoms with Crippen LogP contribution in [-0.4, -0.2) is 28.4 Å². The van der Waals surface area contributed by atoms with E-state index >= 15 is 0 Å². The van der Waals surface area contributed by atoms with Crippen LogP contribution in [0.15, 0.2) is 97.1 Å². The molecule has 0 aliphatic heterocycles. The maximum atomic E-state index is 5.30. The lowest BCUT2D eigenvalue weighted by Crippen LogP contribution is -2.20. The Morgan fingerprint density at radius 1 is 0.412 bits per heavy atom. The van der Waals surface area contributed by atoms with Crippen LogP contribution in [0.3, 0.4) is 0 Å². The lowest BCUT2D eigenvalue weighted by Gasteiger charge is -2.20. The van der Waals surface area contributed by atoms with E-state index in [1.165, 1.54) is 21.2 Å². The minimum atomic E-state index is -0.665. The smallest absolute Gasteiger partial charge is 0.118 e. The highest BCUT2D eigenvalue weighted by atomic mass is 31.1. The van der Waals surface area contributed by atoms with Crippen molar-refractivity contribution in [3.05, 3.63) is 97.1 Å². The van der Waals surface area contributed by atoms with E-state index in [2.05, 4.69) is 45.6 Å². The molecule has 0 aliphatic rings. The standard InChI is InChI=1S/C21H21O3P.C7H9OP/c1-22-16-4-10-19(11-5-16)25(20-12-6-17(23-2)7-13-20)21-14-8-18(24-3)9-15-21;1-8-6-2-4-7(9)5-3-6/h4-15H,1-3H3;2-5H,9H2,1H3. The Balaban J connectivity index is 0.000000302. The second-order valence-corrected chi connectivity index (χ2v) is 10.1. The Morgan fingerprint density at radius 3 is 0.882 bits per heavy atom. The second-order valence-electron chi connectivity index (χ2n) is 7.20. The molecule has 0 amide bonds. The predicted octanol–water partition coefficient (Wildman–Crippen LogP) is 4.67. The third-order valence-electron chi connectivity index (χ3n) is 5.11. The van der Waals surface area contributed by atoms with Gasteiger partial charge in [0.15, 0.2) is 0 Å². The zero-order valence-electron chi connectivity index (χ0n) is 19.9. The molecular formula is C28H30O4P2. The maximum absolute atomic E-state index is 5.30. The summed E-state index contributed by atoms with van der Waals surface area (Å²) in [4.78, 5) is 0. The number of ether oxygens (including phenoxy) is 4. The van der Waals surface area contributed by atoms with Crippen LogP contribution in [0.2, 0.25) is 0 Å². The molecule has 4 rings (SSSR count). The quantitative estimate of drug-likeness (QED) is 0.352. The van der Waals surface area contributed by atoms with Gasteiger partial charge in [-0.1, -0.05) is 48.5 Å². The molecule has 4 aromatic rings. The van der Waals surface area contributed by atoms with Crippen molar-refractivity contribution in [2.24, 2.45) is 0 Å². The fraction of sp³-hybridized carbons (Fsp3) is 0.143. The summed E-state index contributed by atoms with van der Waals surface area (Å²) >= 11 is 0. The summed E-state index contributed by atoms with van der Waals surface area (Å²) < 4.78 is 20.8. The van der Waals surface area contributed by atoms with Gasteiger partial charge in [-0.3, -0.25) is 0 Å². The van der Waals surface area contributed by atoms with Crippen LogP contribution in [-0.2, 0) is 0 Å². The van der Waals surface area contributed by atoms with E-state index in [-0.39, 0.29) is 0 Å². The summed E-state index contributed by atoms with van der Waals surface area (Å²) in [5.74, 6) is 3.50. The normalized spacial score (nSPS) is 10.2. The summed E-state index contributed by atoms with van der Waals surface area (Å²) in [6.45, 7) is 0. The summed E-state index contributed by atoms with van der Waals surface area (Å²) in [6, 6.07) is 32.7. The molecule has 1 atom stereocenters. The molecular weight excluding hydrogens is 462 g/mol. The monoisotopic (exact) mass is 492 g/mol. The molecule has 0 saturated carbocycles. The van der Waals surface area contributed by atoms with Crippen molar-refractivity contribution in [2.75, 3.05) is 28.4 Å². The topological polar surface area (TPSA) is 36.9 Å². The van der Waals surface area contributed by atoms with Gasteiger partial charge >= 0.3 is 0 Å². The van der Waals surface area contributed by atoms with Gasteiger partial charge in [-0.05, 0) is 77.7 Å². The Kier molecular flexibility index (Phi) is 9.76. The van der Waals surface area contributed by atoms with Crippen LogP contribution >= 0.6 is 17.2 Å². The van der Waals surface area contributed by atoms with E-state index < -0.39 is 7.92 Å². The van der Waals surface area contributed by atoms with Crippen LogP contribution < -0.4 is 40.2 Å². The van der Waals surface area contributed by atoms with Crippen molar-refractivity contribution in [1.82, 2.24) is 0 Å². The van der Waals surface area contributed by atoms with Crippen molar-refractivity contribution < 1.29 is 18.9 Å². The predicted molar refractivity (Wildman–Crippen MR) is 147 cm³/mol. The van der Waals surface area contributed by atoms with E-state index in [1.54, 1.807) is 28.4 Å². The van der Waals surface area contributed by atoms with Gasteiger partial charge in [-0.15, -0.1) is 9.24 Å². The molecule has 0 fully saturated rings. The van der Waals surface area contributed by atoms with Gasteiger partial charge in [0, 0.05) is 0 Å². The molecule has 0 bridgehead atoms. The summed E-state index contributed by atoms with van der Waals surface area (Å²) in [6.07, 6.45) is 0. The third-order valence-corrected chi connectivity index (χ3v) is 7.94. The van der Waals surface area contributed by atoms with Gasteiger partial charge in [0.05, 0.1) is 28.4 Å². The number of hydrogen-bond acceptors (Lipinski definition) is 4. The first-order valence-corrected chi connectivity index (χ1v) is 12.6. The highest BCUT2D eigenvalue weighted by molar-refractivity contribution is 7.79. The highest BCUT2D eigenvalue weighted by Crippen LogP contribution is 2.34. The maximum Gasteiger partial charge on any atom is 0.118 e. The lowest BCUT2D eigenvalue weighted by atomic mass is 10.3. The fourth-order valence-corrected chi connectivity index (χ4v) is 5.67. The van der Waals surface area contributed by atoms with E-state index in [0.29, 0.717) is 0 Å². The Bertz CT molecular complexity index is 1010. The molecule has 1 unspecified atom stereocenters. The molecule has 176 valence electrons. The van der Waals surface area contributed by atoms with Gasteiger partial charge in [0.25, 0.3) is 0 Å². The van der Waals surface area contributed by atoms with Crippen LogP contribution in [0.25, 0.3) is 0 Å². The minimum Gasteiger partial charge on any atom is -0.497 e. The molecule has 4 nitrogen and oxygen atoms in total. The molecule has 0 saturated heterocycles. The van der Waals surface area contributed by atoms with Crippen LogP contribution in [0, 0.1) is 0 Å². The Labute approximate surface area is 205 Å². The second kappa shape index (κ2) is 13.0. The molecule has 0 radical (unpaired) electrons. The van der Waals surface area contributed by atoms with Crippen molar-refractivity contribution in [3.8, 4) is 23.0 Å². The molecule has 0 N–H and O–H groups in total. The Hall–Kier alpha value is -3.06. The summed E-state index contributed by atoms with van der Waals surface area (Å²) in [5, 5.41) is 4.99.